The van der Waals surface area contributed by atoms with Gasteiger partial charge in [0, 0.05) is 24.2 Å². The zero-order valence-electron chi connectivity index (χ0n) is 11.5. The number of thiocarbonyl (C=S) groups is 1. The van der Waals surface area contributed by atoms with Crippen molar-refractivity contribution in [2.75, 3.05) is 13.6 Å². The molecular weight excluding hydrogens is 247 g/mol. The van der Waals surface area contributed by atoms with Gasteiger partial charge in [0.15, 0.2) is 0 Å². The Morgan fingerprint density at radius 1 is 1.39 bits per heavy atom. The summed E-state index contributed by atoms with van der Waals surface area (Å²) in [6, 6.07) is 4.77. The molecule has 0 saturated heterocycles. The van der Waals surface area contributed by atoms with Crippen molar-refractivity contribution in [2.45, 2.75) is 27.3 Å². The first-order valence-electron chi connectivity index (χ1n) is 5.96. The Balaban J connectivity index is 2.83. The second-order valence-electron chi connectivity index (χ2n) is 5.90. The van der Waals surface area contributed by atoms with Gasteiger partial charge < -0.3 is 10.6 Å². The van der Waals surface area contributed by atoms with Crippen LogP contribution in [-0.4, -0.2) is 23.5 Å². The number of nitrogens with zero attached hydrogens (tertiary/aromatic N) is 1. The van der Waals surface area contributed by atoms with Crippen molar-refractivity contribution in [3.05, 3.63) is 35.1 Å². The van der Waals surface area contributed by atoms with Crippen molar-refractivity contribution in [3.8, 4) is 0 Å². The molecule has 0 atom stereocenters. The van der Waals surface area contributed by atoms with Crippen LogP contribution in [0.15, 0.2) is 18.2 Å². The minimum Gasteiger partial charge on any atom is -0.389 e. The molecule has 18 heavy (non-hydrogen) atoms. The standard InChI is InChI=1S/C14H21FN2S/c1-14(2,3)9-17(4)8-11-7-10(13(16)18)5-6-12(11)15/h5-7H,8-9H2,1-4H3,(H2,16,18). The van der Waals surface area contributed by atoms with Crippen molar-refractivity contribution in [2.24, 2.45) is 11.1 Å². The first-order chi connectivity index (χ1) is 8.19. The highest BCUT2D eigenvalue weighted by atomic mass is 32.1. The van der Waals surface area contributed by atoms with Crippen molar-refractivity contribution in [3.63, 3.8) is 0 Å². The lowest BCUT2D eigenvalue weighted by Gasteiger charge is -2.26. The van der Waals surface area contributed by atoms with Gasteiger partial charge in [-0.2, -0.15) is 0 Å². The van der Waals surface area contributed by atoms with Gasteiger partial charge in [0.05, 0.1) is 0 Å². The van der Waals surface area contributed by atoms with Crippen LogP contribution < -0.4 is 5.73 Å². The molecule has 0 fully saturated rings. The highest BCUT2D eigenvalue weighted by molar-refractivity contribution is 7.80. The van der Waals surface area contributed by atoms with Gasteiger partial charge in [-0.3, -0.25) is 0 Å². The Morgan fingerprint density at radius 2 is 2.00 bits per heavy atom. The van der Waals surface area contributed by atoms with Gasteiger partial charge >= 0.3 is 0 Å². The molecule has 0 aliphatic rings. The predicted molar refractivity (Wildman–Crippen MR) is 78.1 cm³/mol. The summed E-state index contributed by atoms with van der Waals surface area (Å²) in [6.45, 7) is 7.92. The van der Waals surface area contributed by atoms with Crippen molar-refractivity contribution >= 4 is 17.2 Å². The van der Waals surface area contributed by atoms with E-state index in [1.807, 2.05) is 7.05 Å². The monoisotopic (exact) mass is 268 g/mol. The summed E-state index contributed by atoms with van der Waals surface area (Å²) in [6.07, 6.45) is 0. The number of benzene rings is 1. The van der Waals surface area contributed by atoms with Gasteiger partial charge in [-0.25, -0.2) is 4.39 Å². The summed E-state index contributed by atoms with van der Waals surface area (Å²) in [5, 5.41) is 0. The topological polar surface area (TPSA) is 29.3 Å². The third-order valence-corrected chi connectivity index (χ3v) is 2.75. The molecule has 1 aromatic carbocycles. The van der Waals surface area contributed by atoms with Crippen LogP contribution in [0.3, 0.4) is 0 Å². The number of hydrogen-bond acceptors (Lipinski definition) is 2. The van der Waals surface area contributed by atoms with Crippen LogP contribution in [0.25, 0.3) is 0 Å². The Kier molecular flexibility index (Phi) is 4.82. The maximum absolute atomic E-state index is 13.7. The summed E-state index contributed by atoms with van der Waals surface area (Å²) < 4.78 is 13.7. The van der Waals surface area contributed by atoms with Crippen molar-refractivity contribution < 1.29 is 4.39 Å². The smallest absolute Gasteiger partial charge is 0.127 e. The Hall–Kier alpha value is -1.00. The zero-order valence-corrected chi connectivity index (χ0v) is 12.3. The van der Waals surface area contributed by atoms with Crippen molar-refractivity contribution in [1.29, 1.82) is 0 Å². The molecule has 1 rings (SSSR count). The molecule has 0 bridgehead atoms. The van der Waals surface area contributed by atoms with E-state index < -0.39 is 0 Å². The Labute approximate surface area is 114 Å². The van der Waals surface area contributed by atoms with Crippen LogP contribution in [-0.2, 0) is 6.54 Å². The lowest BCUT2D eigenvalue weighted by atomic mass is 9.96. The number of halogens is 1. The average molecular weight is 268 g/mol. The van der Waals surface area contributed by atoms with Crippen molar-refractivity contribution in [1.82, 2.24) is 4.90 Å². The summed E-state index contributed by atoms with van der Waals surface area (Å²) >= 11 is 4.91. The summed E-state index contributed by atoms with van der Waals surface area (Å²) in [7, 11) is 1.98. The van der Waals surface area contributed by atoms with E-state index >= 15 is 0 Å². The minimum absolute atomic E-state index is 0.187. The maximum atomic E-state index is 13.7. The number of hydrogen-bond donors (Lipinski definition) is 1. The lowest BCUT2D eigenvalue weighted by molar-refractivity contribution is 0.218. The molecule has 0 saturated carbocycles. The van der Waals surface area contributed by atoms with E-state index in [4.69, 9.17) is 18.0 Å². The first kappa shape index (κ1) is 15.1. The Bertz CT molecular complexity index is 438. The van der Waals surface area contributed by atoms with Gasteiger partial charge in [-0.05, 0) is 30.7 Å². The molecule has 0 aliphatic carbocycles. The summed E-state index contributed by atoms with van der Waals surface area (Å²) in [5.41, 5.74) is 7.09. The van der Waals surface area contributed by atoms with Crippen LogP contribution >= 0.6 is 12.2 Å². The number of rotatable bonds is 4. The van der Waals surface area contributed by atoms with Gasteiger partial charge in [-0.15, -0.1) is 0 Å². The summed E-state index contributed by atoms with van der Waals surface area (Å²) in [5.74, 6) is -0.212. The third kappa shape index (κ3) is 4.70. The maximum Gasteiger partial charge on any atom is 0.127 e. The van der Waals surface area contributed by atoms with E-state index in [9.17, 15) is 4.39 Å². The van der Waals surface area contributed by atoms with Gasteiger partial charge in [0.2, 0.25) is 0 Å². The first-order valence-corrected chi connectivity index (χ1v) is 6.36. The molecule has 2 N–H and O–H groups in total. The fraction of sp³-hybridized carbons (Fsp3) is 0.500. The molecule has 0 aromatic heterocycles. The van der Waals surface area contributed by atoms with E-state index in [1.165, 1.54) is 6.07 Å². The van der Waals surface area contributed by atoms with Gasteiger partial charge in [-0.1, -0.05) is 33.0 Å². The highest BCUT2D eigenvalue weighted by Gasteiger charge is 2.15. The fourth-order valence-corrected chi connectivity index (χ4v) is 2.13. The van der Waals surface area contributed by atoms with E-state index in [2.05, 4.69) is 25.7 Å². The average Bonchev–Trinajstić information content (AvgIpc) is 2.18. The SMILES string of the molecule is CN(Cc1cc(C(N)=S)ccc1F)CC(C)(C)C. The molecule has 0 spiro atoms. The molecule has 2 nitrogen and oxygen atoms in total. The summed E-state index contributed by atoms with van der Waals surface area (Å²) in [4.78, 5) is 2.40. The van der Waals surface area contributed by atoms with E-state index in [1.54, 1.807) is 12.1 Å². The number of nitrogens with two attached hydrogens (primary N) is 1. The van der Waals surface area contributed by atoms with E-state index in [-0.39, 0.29) is 11.2 Å². The lowest BCUT2D eigenvalue weighted by Crippen LogP contribution is -2.29. The molecule has 1 aromatic rings. The van der Waals surface area contributed by atoms with Crippen LogP contribution in [0, 0.1) is 11.2 Å². The van der Waals surface area contributed by atoms with Gasteiger partial charge in [0.25, 0.3) is 0 Å². The van der Waals surface area contributed by atoms with Crippen LogP contribution in [0.2, 0.25) is 0 Å². The van der Waals surface area contributed by atoms with Gasteiger partial charge in [0.1, 0.15) is 10.8 Å². The molecule has 0 radical (unpaired) electrons. The van der Waals surface area contributed by atoms with E-state index in [0.717, 1.165) is 6.54 Å². The highest BCUT2D eigenvalue weighted by Crippen LogP contribution is 2.18. The molecule has 100 valence electrons. The molecule has 4 heteroatoms. The fourth-order valence-electron chi connectivity index (χ4n) is 2.01. The van der Waals surface area contributed by atoms with Crippen LogP contribution in [0.1, 0.15) is 31.9 Å². The molecule has 0 heterocycles. The largest absolute Gasteiger partial charge is 0.389 e. The second kappa shape index (κ2) is 5.76. The second-order valence-corrected chi connectivity index (χ2v) is 6.34. The zero-order chi connectivity index (χ0) is 13.9. The molecule has 0 amide bonds. The Morgan fingerprint density at radius 3 is 2.50 bits per heavy atom. The van der Waals surface area contributed by atoms with Crippen LogP contribution in [0.4, 0.5) is 4.39 Å². The molecule has 0 aliphatic heterocycles. The third-order valence-electron chi connectivity index (χ3n) is 2.51. The molecular formula is C14H21FN2S. The quantitative estimate of drug-likeness (QED) is 0.851. The minimum atomic E-state index is -0.212. The normalized spacial score (nSPS) is 11.9. The van der Waals surface area contributed by atoms with Crippen LogP contribution in [0.5, 0.6) is 0 Å². The predicted octanol–water partition coefficient (Wildman–Crippen LogP) is 2.94. The van der Waals surface area contributed by atoms with E-state index in [0.29, 0.717) is 22.7 Å². The molecule has 0 unspecified atom stereocenters.